The summed E-state index contributed by atoms with van der Waals surface area (Å²) >= 11 is 0. The summed E-state index contributed by atoms with van der Waals surface area (Å²) in [6.45, 7) is 3.00. The van der Waals surface area contributed by atoms with Crippen molar-refractivity contribution in [1.29, 1.82) is 0 Å². The van der Waals surface area contributed by atoms with Crippen LogP contribution in [0.5, 0.6) is 5.75 Å². The van der Waals surface area contributed by atoms with Crippen LogP contribution in [0.4, 0.5) is 0 Å². The van der Waals surface area contributed by atoms with Crippen molar-refractivity contribution in [1.82, 2.24) is 10.2 Å². The molecule has 1 aromatic rings. The lowest BCUT2D eigenvalue weighted by Crippen LogP contribution is -2.38. The molecular formula is C16H22N2O3. The second-order valence-electron chi connectivity index (χ2n) is 5.39. The number of carbonyl (C=O) groups is 2. The summed E-state index contributed by atoms with van der Waals surface area (Å²) in [5, 5.41) is 2.91. The summed E-state index contributed by atoms with van der Waals surface area (Å²) in [6, 6.07) is 7.44. The smallest absolute Gasteiger partial charge is 0.234 e. The van der Waals surface area contributed by atoms with Crippen molar-refractivity contribution in [3.8, 4) is 5.75 Å². The first-order chi connectivity index (χ1) is 10.1. The van der Waals surface area contributed by atoms with E-state index in [1.165, 1.54) is 0 Å². The van der Waals surface area contributed by atoms with E-state index in [-0.39, 0.29) is 24.8 Å². The maximum absolute atomic E-state index is 12.1. The largest absolute Gasteiger partial charge is 0.494 e. The van der Waals surface area contributed by atoms with E-state index in [2.05, 4.69) is 5.32 Å². The summed E-state index contributed by atoms with van der Waals surface area (Å²) in [5.74, 6) is 0.741. The van der Waals surface area contributed by atoms with Crippen molar-refractivity contribution in [2.24, 2.45) is 0 Å². The van der Waals surface area contributed by atoms with Gasteiger partial charge in [0.1, 0.15) is 5.75 Å². The number of nitrogens with zero attached hydrogens (tertiary/aromatic N) is 1. The number of Topliss-reactive ketones (excluding diaryl/α,β-unsaturated/α-hetero) is 1. The minimum Gasteiger partial charge on any atom is -0.494 e. The lowest BCUT2D eigenvalue weighted by Gasteiger charge is -2.15. The summed E-state index contributed by atoms with van der Waals surface area (Å²) in [6.07, 6.45) is 2.14. The predicted octanol–water partition coefficient (Wildman–Crippen LogP) is 1.48. The van der Waals surface area contributed by atoms with E-state index in [0.29, 0.717) is 18.2 Å². The molecule has 114 valence electrons. The van der Waals surface area contributed by atoms with Gasteiger partial charge in [0.05, 0.1) is 19.7 Å². The molecule has 0 radical (unpaired) electrons. The standard InChI is InChI=1S/C16H22N2O3/c1-3-21-14-8-4-12(5-9-14)15(19)10-18(2)11-16(20)17-13-6-7-13/h4-5,8-9,13H,3,6-7,10-11H2,1-2H3,(H,17,20). The molecule has 1 aliphatic rings. The van der Waals surface area contributed by atoms with Gasteiger partial charge in [-0.2, -0.15) is 0 Å². The first kappa shape index (κ1) is 15.5. The fourth-order valence-corrected chi connectivity index (χ4v) is 2.04. The fraction of sp³-hybridized carbons (Fsp3) is 0.500. The first-order valence-corrected chi connectivity index (χ1v) is 7.32. The van der Waals surface area contributed by atoms with Crippen molar-refractivity contribution in [3.05, 3.63) is 29.8 Å². The van der Waals surface area contributed by atoms with E-state index in [9.17, 15) is 9.59 Å². The lowest BCUT2D eigenvalue weighted by molar-refractivity contribution is -0.121. The molecule has 1 N–H and O–H groups in total. The Balaban J connectivity index is 1.80. The summed E-state index contributed by atoms with van der Waals surface area (Å²) < 4.78 is 5.34. The van der Waals surface area contributed by atoms with Gasteiger partial charge in [0, 0.05) is 11.6 Å². The van der Waals surface area contributed by atoms with E-state index < -0.39 is 0 Å². The number of benzene rings is 1. The molecule has 5 heteroatoms. The van der Waals surface area contributed by atoms with Gasteiger partial charge in [-0.05, 0) is 51.1 Å². The number of ether oxygens (including phenoxy) is 1. The average Bonchev–Trinajstić information content (AvgIpc) is 3.23. The van der Waals surface area contributed by atoms with E-state index in [1.807, 2.05) is 6.92 Å². The molecule has 2 rings (SSSR count). The number of nitrogens with one attached hydrogen (secondary N) is 1. The Labute approximate surface area is 125 Å². The third-order valence-corrected chi connectivity index (χ3v) is 3.26. The van der Waals surface area contributed by atoms with Crippen LogP contribution in [0.1, 0.15) is 30.1 Å². The zero-order valence-corrected chi connectivity index (χ0v) is 12.6. The minimum atomic E-state index is -0.0144. The normalized spacial score (nSPS) is 14.0. The van der Waals surface area contributed by atoms with Crippen LogP contribution in [0.15, 0.2) is 24.3 Å². The van der Waals surface area contributed by atoms with E-state index in [0.717, 1.165) is 18.6 Å². The maximum Gasteiger partial charge on any atom is 0.234 e. The van der Waals surface area contributed by atoms with Crippen LogP contribution in [-0.2, 0) is 4.79 Å². The summed E-state index contributed by atoms with van der Waals surface area (Å²) in [7, 11) is 1.78. The molecule has 1 amide bonds. The maximum atomic E-state index is 12.1. The number of ketones is 1. The second kappa shape index (κ2) is 7.22. The van der Waals surface area contributed by atoms with Gasteiger partial charge in [-0.3, -0.25) is 14.5 Å². The van der Waals surface area contributed by atoms with Crippen LogP contribution in [0.25, 0.3) is 0 Å². The molecule has 1 aromatic carbocycles. The average molecular weight is 290 g/mol. The van der Waals surface area contributed by atoms with Crippen LogP contribution in [0, 0.1) is 0 Å². The minimum absolute atomic E-state index is 0.000213. The van der Waals surface area contributed by atoms with Crippen LogP contribution in [-0.4, -0.2) is 49.4 Å². The van der Waals surface area contributed by atoms with Crippen LogP contribution in [0.2, 0.25) is 0 Å². The summed E-state index contributed by atoms with van der Waals surface area (Å²) in [4.78, 5) is 25.5. The SMILES string of the molecule is CCOc1ccc(C(=O)CN(C)CC(=O)NC2CC2)cc1. The molecule has 0 heterocycles. The molecule has 0 atom stereocenters. The van der Waals surface area contributed by atoms with Crippen molar-refractivity contribution >= 4 is 11.7 Å². The Kier molecular flexibility index (Phi) is 5.33. The van der Waals surface area contributed by atoms with Gasteiger partial charge in [-0.15, -0.1) is 0 Å². The number of rotatable bonds is 8. The van der Waals surface area contributed by atoms with Crippen molar-refractivity contribution in [2.45, 2.75) is 25.8 Å². The highest BCUT2D eigenvalue weighted by molar-refractivity contribution is 5.98. The highest BCUT2D eigenvalue weighted by atomic mass is 16.5. The van der Waals surface area contributed by atoms with Gasteiger partial charge in [0.25, 0.3) is 0 Å². The topological polar surface area (TPSA) is 58.6 Å². The zero-order chi connectivity index (χ0) is 15.2. The van der Waals surface area contributed by atoms with Gasteiger partial charge in [-0.25, -0.2) is 0 Å². The van der Waals surface area contributed by atoms with Crippen LogP contribution < -0.4 is 10.1 Å². The molecule has 0 bridgehead atoms. The van der Waals surface area contributed by atoms with Gasteiger partial charge in [-0.1, -0.05) is 0 Å². The third-order valence-electron chi connectivity index (χ3n) is 3.26. The van der Waals surface area contributed by atoms with E-state index >= 15 is 0 Å². The fourth-order valence-electron chi connectivity index (χ4n) is 2.04. The number of hydrogen-bond donors (Lipinski definition) is 1. The van der Waals surface area contributed by atoms with Gasteiger partial charge < -0.3 is 10.1 Å². The second-order valence-corrected chi connectivity index (χ2v) is 5.39. The molecule has 1 aliphatic carbocycles. The Hall–Kier alpha value is -1.88. The van der Waals surface area contributed by atoms with Crippen molar-refractivity contribution in [2.75, 3.05) is 26.7 Å². The van der Waals surface area contributed by atoms with Crippen molar-refractivity contribution in [3.63, 3.8) is 0 Å². The van der Waals surface area contributed by atoms with E-state index in [1.54, 1.807) is 36.2 Å². The third kappa shape index (κ3) is 5.19. The quantitative estimate of drug-likeness (QED) is 0.737. The molecule has 0 spiro atoms. The molecule has 0 saturated heterocycles. The van der Waals surface area contributed by atoms with Gasteiger partial charge in [0.2, 0.25) is 5.91 Å². The van der Waals surface area contributed by atoms with Crippen LogP contribution >= 0.6 is 0 Å². The molecule has 1 saturated carbocycles. The molecule has 1 fully saturated rings. The van der Waals surface area contributed by atoms with E-state index in [4.69, 9.17) is 4.74 Å². The number of amides is 1. The number of hydrogen-bond acceptors (Lipinski definition) is 4. The molecule has 0 unspecified atom stereocenters. The molecule has 0 aliphatic heterocycles. The summed E-state index contributed by atoms with van der Waals surface area (Å²) in [5.41, 5.74) is 0.632. The Morgan fingerprint density at radius 3 is 2.48 bits per heavy atom. The van der Waals surface area contributed by atoms with Gasteiger partial charge in [0.15, 0.2) is 5.78 Å². The molecule has 21 heavy (non-hydrogen) atoms. The number of carbonyl (C=O) groups excluding carboxylic acids is 2. The predicted molar refractivity (Wildman–Crippen MR) is 80.6 cm³/mol. The molecule has 5 nitrogen and oxygen atoms in total. The lowest BCUT2D eigenvalue weighted by atomic mass is 10.1. The van der Waals surface area contributed by atoms with Crippen molar-refractivity contribution < 1.29 is 14.3 Å². The first-order valence-electron chi connectivity index (χ1n) is 7.32. The highest BCUT2D eigenvalue weighted by Crippen LogP contribution is 2.18. The Morgan fingerprint density at radius 2 is 1.90 bits per heavy atom. The van der Waals surface area contributed by atoms with Crippen LogP contribution in [0.3, 0.4) is 0 Å². The van der Waals surface area contributed by atoms with Gasteiger partial charge >= 0.3 is 0 Å². The monoisotopic (exact) mass is 290 g/mol. The zero-order valence-electron chi connectivity index (χ0n) is 12.6. The Morgan fingerprint density at radius 1 is 1.24 bits per heavy atom. The number of likely N-dealkylation sites (N-methyl/N-ethyl adjacent to an activating group) is 1. The molecular weight excluding hydrogens is 268 g/mol. The molecule has 0 aromatic heterocycles. The highest BCUT2D eigenvalue weighted by Gasteiger charge is 2.23. The Bertz CT molecular complexity index is 495.